The molecule has 2 heterocycles. The van der Waals surface area contributed by atoms with Crippen molar-refractivity contribution < 1.29 is 9.84 Å². The Morgan fingerprint density at radius 1 is 1.67 bits per heavy atom. The maximum Gasteiger partial charge on any atom is 0.0545 e. The van der Waals surface area contributed by atoms with Crippen LogP contribution in [-0.4, -0.2) is 34.7 Å². The fraction of sp³-hybridized carbons (Fsp3) is 0.727. The normalized spacial score (nSPS) is 26.0. The minimum Gasteiger partial charge on any atom is -0.396 e. The smallest absolute Gasteiger partial charge is 0.0545 e. The zero-order valence-electron chi connectivity index (χ0n) is 9.15. The van der Waals surface area contributed by atoms with Gasteiger partial charge in [0, 0.05) is 25.3 Å². The summed E-state index contributed by atoms with van der Waals surface area (Å²) in [7, 11) is 1.92. The van der Waals surface area contributed by atoms with Gasteiger partial charge in [-0.25, -0.2) is 0 Å². The lowest BCUT2D eigenvalue weighted by atomic mass is 9.83. The summed E-state index contributed by atoms with van der Waals surface area (Å²) in [5.41, 5.74) is 1.23. The summed E-state index contributed by atoms with van der Waals surface area (Å²) < 4.78 is 7.18. The number of ether oxygens (including phenoxy) is 1. The molecular weight excluding hydrogens is 192 g/mol. The molecule has 0 saturated carbocycles. The highest BCUT2D eigenvalue weighted by Gasteiger charge is 2.33. The van der Waals surface area contributed by atoms with Crippen LogP contribution in [0.25, 0.3) is 0 Å². The molecule has 0 radical (unpaired) electrons. The average molecular weight is 210 g/mol. The van der Waals surface area contributed by atoms with E-state index >= 15 is 0 Å². The van der Waals surface area contributed by atoms with E-state index in [2.05, 4.69) is 5.10 Å². The molecule has 1 atom stereocenters. The summed E-state index contributed by atoms with van der Waals surface area (Å²) in [4.78, 5) is 0. The van der Waals surface area contributed by atoms with Crippen LogP contribution in [0.5, 0.6) is 0 Å². The topological polar surface area (TPSA) is 47.3 Å². The fourth-order valence-electron chi connectivity index (χ4n) is 2.06. The van der Waals surface area contributed by atoms with Gasteiger partial charge in [0.2, 0.25) is 0 Å². The third-order valence-electron chi connectivity index (χ3n) is 3.22. The number of hydrogen-bond acceptors (Lipinski definition) is 3. The largest absolute Gasteiger partial charge is 0.396 e. The quantitative estimate of drug-likeness (QED) is 0.797. The maximum atomic E-state index is 9.40. The van der Waals surface area contributed by atoms with Crippen molar-refractivity contribution in [3.8, 4) is 0 Å². The third-order valence-corrected chi connectivity index (χ3v) is 3.22. The van der Waals surface area contributed by atoms with E-state index in [1.807, 2.05) is 24.1 Å². The van der Waals surface area contributed by atoms with Crippen LogP contribution in [0.3, 0.4) is 0 Å². The van der Waals surface area contributed by atoms with E-state index in [1.54, 1.807) is 0 Å². The molecule has 2 rings (SSSR count). The van der Waals surface area contributed by atoms with Gasteiger partial charge in [-0.1, -0.05) is 0 Å². The fourth-order valence-corrected chi connectivity index (χ4v) is 2.06. The molecule has 4 heteroatoms. The van der Waals surface area contributed by atoms with E-state index in [0.29, 0.717) is 6.61 Å². The molecule has 1 aliphatic heterocycles. The standard InChI is InChI=1S/C11H18N2O2/c1-13-7-10(6-12-13)2-3-11(8-14)4-5-15-9-11/h6-7,14H,2-5,8-9H2,1H3. The van der Waals surface area contributed by atoms with Gasteiger partial charge < -0.3 is 9.84 Å². The molecule has 0 bridgehead atoms. The van der Waals surface area contributed by atoms with Gasteiger partial charge in [-0.15, -0.1) is 0 Å². The molecule has 0 aliphatic carbocycles. The molecule has 84 valence electrons. The zero-order valence-corrected chi connectivity index (χ0v) is 9.15. The van der Waals surface area contributed by atoms with Crippen molar-refractivity contribution in [2.45, 2.75) is 19.3 Å². The Balaban J connectivity index is 1.91. The van der Waals surface area contributed by atoms with Crippen molar-refractivity contribution in [1.82, 2.24) is 9.78 Å². The van der Waals surface area contributed by atoms with E-state index in [1.165, 1.54) is 5.56 Å². The molecule has 1 aromatic heterocycles. The van der Waals surface area contributed by atoms with Crippen LogP contribution in [0.15, 0.2) is 12.4 Å². The highest BCUT2D eigenvalue weighted by Crippen LogP contribution is 2.32. The van der Waals surface area contributed by atoms with E-state index in [4.69, 9.17) is 4.74 Å². The van der Waals surface area contributed by atoms with Crippen LogP contribution in [0, 0.1) is 5.41 Å². The second-order valence-electron chi connectivity index (χ2n) is 4.48. The molecule has 1 fully saturated rings. The summed E-state index contributed by atoms with van der Waals surface area (Å²) in [5, 5.41) is 13.5. The van der Waals surface area contributed by atoms with Crippen molar-refractivity contribution in [1.29, 1.82) is 0 Å². The zero-order chi connectivity index (χ0) is 10.7. The highest BCUT2D eigenvalue weighted by atomic mass is 16.5. The predicted molar refractivity (Wildman–Crippen MR) is 56.5 cm³/mol. The van der Waals surface area contributed by atoms with Crippen molar-refractivity contribution in [2.24, 2.45) is 12.5 Å². The van der Waals surface area contributed by atoms with Crippen LogP contribution in [-0.2, 0) is 18.2 Å². The van der Waals surface area contributed by atoms with Crippen LogP contribution >= 0.6 is 0 Å². The Morgan fingerprint density at radius 3 is 3.07 bits per heavy atom. The lowest BCUT2D eigenvalue weighted by Gasteiger charge is -2.23. The molecule has 1 unspecified atom stereocenters. The first-order chi connectivity index (χ1) is 7.24. The van der Waals surface area contributed by atoms with Gasteiger partial charge >= 0.3 is 0 Å². The van der Waals surface area contributed by atoms with Gasteiger partial charge in [0.25, 0.3) is 0 Å². The van der Waals surface area contributed by atoms with Gasteiger partial charge in [-0.3, -0.25) is 4.68 Å². The lowest BCUT2D eigenvalue weighted by molar-refractivity contribution is 0.0868. The minimum absolute atomic E-state index is 0.00413. The first kappa shape index (κ1) is 10.6. The minimum atomic E-state index is -0.00413. The first-order valence-corrected chi connectivity index (χ1v) is 5.40. The molecule has 1 N–H and O–H groups in total. The summed E-state index contributed by atoms with van der Waals surface area (Å²) in [6.07, 6.45) is 6.85. The van der Waals surface area contributed by atoms with Crippen molar-refractivity contribution in [3.05, 3.63) is 18.0 Å². The summed E-state index contributed by atoms with van der Waals surface area (Å²) in [6, 6.07) is 0. The monoisotopic (exact) mass is 210 g/mol. The van der Waals surface area contributed by atoms with Gasteiger partial charge in [0.05, 0.1) is 19.4 Å². The molecule has 0 aromatic carbocycles. The van der Waals surface area contributed by atoms with Crippen molar-refractivity contribution in [2.75, 3.05) is 19.8 Å². The first-order valence-electron chi connectivity index (χ1n) is 5.40. The second kappa shape index (κ2) is 4.33. The molecule has 4 nitrogen and oxygen atoms in total. The SMILES string of the molecule is Cn1cc(CCC2(CO)CCOC2)cn1. The molecule has 1 aliphatic rings. The van der Waals surface area contributed by atoms with Crippen molar-refractivity contribution >= 4 is 0 Å². The van der Waals surface area contributed by atoms with E-state index in [-0.39, 0.29) is 12.0 Å². The van der Waals surface area contributed by atoms with Gasteiger partial charge in [0.15, 0.2) is 0 Å². The average Bonchev–Trinajstić information content (AvgIpc) is 2.85. The Bertz CT molecular complexity index is 316. The summed E-state index contributed by atoms with van der Waals surface area (Å²) in [5.74, 6) is 0. The lowest BCUT2D eigenvalue weighted by Crippen LogP contribution is -2.26. The van der Waals surface area contributed by atoms with E-state index in [0.717, 1.165) is 25.9 Å². The van der Waals surface area contributed by atoms with E-state index in [9.17, 15) is 5.11 Å². The Kier molecular flexibility index (Phi) is 3.07. The molecular formula is C11H18N2O2. The highest BCUT2D eigenvalue weighted by molar-refractivity contribution is 5.04. The van der Waals surface area contributed by atoms with Gasteiger partial charge in [-0.2, -0.15) is 5.10 Å². The molecule has 1 saturated heterocycles. The molecule has 0 spiro atoms. The number of aliphatic hydroxyl groups excluding tert-OH is 1. The molecule has 1 aromatic rings. The number of rotatable bonds is 4. The number of aromatic nitrogens is 2. The summed E-state index contributed by atoms with van der Waals surface area (Å²) >= 11 is 0. The maximum absolute atomic E-state index is 9.40. The summed E-state index contributed by atoms with van der Waals surface area (Å²) in [6.45, 7) is 1.71. The van der Waals surface area contributed by atoms with Crippen LogP contribution < -0.4 is 0 Å². The van der Waals surface area contributed by atoms with Gasteiger partial charge in [-0.05, 0) is 24.8 Å². The predicted octanol–water partition coefficient (Wildman–Crippen LogP) is 0.752. The number of aliphatic hydroxyl groups is 1. The Labute approximate surface area is 89.9 Å². The van der Waals surface area contributed by atoms with Crippen LogP contribution in [0.4, 0.5) is 0 Å². The van der Waals surface area contributed by atoms with Crippen molar-refractivity contribution in [3.63, 3.8) is 0 Å². The van der Waals surface area contributed by atoms with Gasteiger partial charge in [0.1, 0.15) is 0 Å². The Hall–Kier alpha value is -0.870. The van der Waals surface area contributed by atoms with Crippen LogP contribution in [0.1, 0.15) is 18.4 Å². The number of aryl methyl sites for hydroxylation is 2. The molecule has 0 amide bonds. The third kappa shape index (κ3) is 2.38. The molecule has 15 heavy (non-hydrogen) atoms. The van der Waals surface area contributed by atoms with Crippen LogP contribution in [0.2, 0.25) is 0 Å². The van der Waals surface area contributed by atoms with E-state index < -0.39 is 0 Å². The second-order valence-corrected chi connectivity index (χ2v) is 4.48. The Morgan fingerprint density at radius 2 is 2.53 bits per heavy atom. The number of hydrogen-bond donors (Lipinski definition) is 1. The number of nitrogens with zero attached hydrogens (tertiary/aromatic N) is 2.